The van der Waals surface area contributed by atoms with E-state index in [1.54, 1.807) is 24.2 Å². The van der Waals surface area contributed by atoms with Crippen LogP contribution >= 0.6 is 11.8 Å². The van der Waals surface area contributed by atoms with Crippen LogP contribution in [0.1, 0.15) is 29.5 Å². The zero-order valence-corrected chi connectivity index (χ0v) is 17.1. The maximum Gasteiger partial charge on any atom is 0.232 e. The first kappa shape index (κ1) is 20.4. The third-order valence-corrected chi connectivity index (χ3v) is 6.01. The molecule has 0 atom stereocenters. The SMILES string of the molecule is Cc1ccc(CSCC(=O)N2CCC(C(=O)NCc3cccnc3)CC2)cc1. The van der Waals surface area contributed by atoms with Crippen molar-refractivity contribution >= 4 is 23.6 Å². The number of hydrogen-bond donors (Lipinski definition) is 1. The van der Waals surface area contributed by atoms with Crippen molar-refractivity contribution in [3.8, 4) is 0 Å². The number of hydrogen-bond acceptors (Lipinski definition) is 4. The highest BCUT2D eigenvalue weighted by Crippen LogP contribution is 2.20. The second-order valence-electron chi connectivity index (χ2n) is 7.21. The van der Waals surface area contributed by atoms with Crippen molar-refractivity contribution in [1.29, 1.82) is 0 Å². The number of rotatable bonds is 7. The van der Waals surface area contributed by atoms with E-state index in [9.17, 15) is 9.59 Å². The lowest BCUT2D eigenvalue weighted by Crippen LogP contribution is -2.43. The summed E-state index contributed by atoms with van der Waals surface area (Å²) in [5, 5.41) is 2.98. The fourth-order valence-corrected chi connectivity index (χ4v) is 4.15. The number of piperidine rings is 1. The number of amides is 2. The molecule has 1 saturated heterocycles. The molecule has 6 heteroatoms. The molecule has 28 heavy (non-hydrogen) atoms. The van der Waals surface area contributed by atoms with E-state index in [1.165, 1.54) is 11.1 Å². The van der Waals surface area contributed by atoms with Crippen LogP contribution in [0.2, 0.25) is 0 Å². The molecule has 1 N–H and O–H groups in total. The summed E-state index contributed by atoms with van der Waals surface area (Å²) < 4.78 is 0. The lowest BCUT2D eigenvalue weighted by Gasteiger charge is -2.31. The molecule has 0 saturated carbocycles. The van der Waals surface area contributed by atoms with Gasteiger partial charge >= 0.3 is 0 Å². The number of carbonyl (C=O) groups is 2. The van der Waals surface area contributed by atoms with E-state index in [-0.39, 0.29) is 17.7 Å². The molecule has 0 aliphatic carbocycles. The van der Waals surface area contributed by atoms with Crippen LogP contribution in [0.3, 0.4) is 0 Å². The Morgan fingerprint density at radius 1 is 1.14 bits per heavy atom. The van der Waals surface area contributed by atoms with Gasteiger partial charge in [0.25, 0.3) is 0 Å². The Balaban J connectivity index is 1.35. The molecule has 0 radical (unpaired) electrons. The highest BCUT2D eigenvalue weighted by molar-refractivity contribution is 7.99. The normalized spacial score (nSPS) is 14.7. The van der Waals surface area contributed by atoms with Gasteiger partial charge in [-0.1, -0.05) is 35.9 Å². The Morgan fingerprint density at radius 2 is 1.89 bits per heavy atom. The summed E-state index contributed by atoms with van der Waals surface area (Å²) in [6.45, 7) is 3.90. The third kappa shape index (κ3) is 6.09. The standard InChI is InChI=1S/C22H27N3O2S/c1-17-4-6-18(7-5-17)15-28-16-21(26)25-11-8-20(9-12-25)22(27)24-14-19-3-2-10-23-13-19/h2-7,10,13,20H,8-9,11-12,14-16H2,1H3,(H,24,27). The van der Waals surface area contributed by atoms with Gasteiger partial charge < -0.3 is 10.2 Å². The van der Waals surface area contributed by atoms with E-state index in [1.807, 2.05) is 17.0 Å². The molecule has 5 nitrogen and oxygen atoms in total. The summed E-state index contributed by atoms with van der Waals surface area (Å²) in [7, 11) is 0. The summed E-state index contributed by atoms with van der Waals surface area (Å²) in [5.41, 5.74) is 3.48. The van der Waals surface area contributed by atoms with Gasteiger partial charge in [0.05, 0.1) is 5.75 Å². The number of nitrogens with one attached hydrogen (secondary N) is 1. The van der Waals surface area contributed by atoms with E-state index in [0.29, 0.717) is 25.4 Å². The highest BCUT2D eigenvalue weighted by atomic mass is 32.2. The van der Waals surface area contributed by atoms with Crippen molar-refractivity contribution < 1.29 is 9.59 Å². The predicted molar refractivity (Wildman–Crippen MR) is 113 cm³/mol. The lowest BCUT2D eigenvalue weighted by molar-refractivity contribution is -0.133. The number of nitrogens with zero attached hydrogens (tertiary/aromatic N) is 2. The molecule has 0 spiro atoms. The largest absolute Gasteiger partial charge is 0.352 e. The molecule has 1 aromatic carbocycles. The Kier molecular flexibility index (Phi) is 7.48. The molecule has 1 fully saturated rings. The average molecular weight is 398 g/mol. The first-order valence-corrected chi connectivity index (χ1v) is 10.8. The van der Waals surface area contributed by atoms with Crippen molar-refractivity contribution in [2.75, 3.05) is 18.8 Å². The second kappa shape index (κ2) is 10.3. The molecule has 1 aromatic heterocycles. The summed E-state index contributed by atoms with van der Waals surface area (Å²) in [5.74, 6) is 1.57. The van der Waals surface area contributed by atoms with E-state index in [2.05, 4.69) is 41.5 Å². The summed E-state index contributed by atoms with van der Waals surface area (Å²) in [6, 6.07) is 12.2. The molecule has 3 rings (SSSR count). The molecule has 2 aromatic rings. The summed E-state index contributed by atoms with van der Waals surface area (Å²) in [6.07, 6.45) is 4.94. The minimum absolute atomic E-state index is 0.0130. The van der Waals surface area contributed by atoms with Gasteiger partial charge in [-0.05, 0) is 37.0 Å². The number of aryl methyl sites for hydroxylation is 1. The molecule has 148 valence electrons. The number of thioether (sulfide) groups is 1. The van der Waals surface area contributed by atoms with Crippen LogP contribution in [0.5, 0.6) is 0 Å². The Morgan fingerprint density at radius 3 is 2.57 bits per heavy atom. The lowest BCUT2D eigenvalue weighted by atomic mass is 9.96. The molecule has 1 aliphatic heterocycles. The van der Waals surface area contributed by atoms with Gasteiger partial charge in [-0.15, -0.1) is 11.8 Å². The first-order valence-electron chi connectivity index (χ1n) is 9.69. The van der Waals surface area contributed by atoms with Gasteiger partial charge in [-0.25, -0.2) is 0 Å². The topological polar surface area (TPSA) is 62.3 Å². The Bertz CT molecular complexity index is 772. The number of pyridine rings is 1. The predicted octanol–water partition coefficient (Wildman–Crippen LogP) is 3.18. The molecule has 2 heterocycles. The first-order chi connectivity index (χ1) is 13.6. The monoisotopic (exact) mass is 397 g/mol. The fourth-order valence-electron chi connectivity index (χ4n) is 3.26. The molecule has 0 bridgehead atoms. The minimum atomic E-state index is -0.0130. The minimum Gasteiger partial charge on any atom is -0.352 e. The zero-order valence-electron chi connectivity index (χ0n) is 16.3. The van der Waals surface area contributed by atoms with Crippen LogP contribution in [0.4, 0.5) is 0 Å². The van der Waals surface area contributed by atoms with E-state index in [4.69, 9.17) is 0 Å². The van der Waals surface area contributed by atoms with Crippen molar-refractivity contribution in [2.24, 2.45) is 5.92 Å². The number of carbonyl (C=O) groups excluding carboxylic acids is 2. The molecular weight excluding hydrogens is 370 g/mol. The molecular formula is C22H27N3O2S. The number of aromatic nitrogens is 1. The van der Waals surface area contributed by atoms with Crippen LogP contribution < -0.4 is 5.32 Å². The van der Waals surface area contributed by atoms with Gasteiger partial charge in [-0.2, -0.15) is 0 Å². The van der Waals surface area contributed by atoms with Crippen LogP contribution in [-0.4, -0.2) is 40.5 Å². The fraction of sp³-hybridized carbons (Fsp3) is 0.409. The van der Waals surface area contributed by atoms with Crippen molar-refractivity contribution in [3.05, 3.63) is 65.5 Å². The van der Waals surface area contributed by atoms with E-state index < -0.39 is 0 Å². The van der Waals surface area contributed by atoms with E-state index in [0.717, 1.165) is 24.2 Å². The second-order valence-corrected chi connectivity index (χ2v) is 8.20. The van der Waals surface area contributed by atoms with Crippen LogP contribution in [0, 0.1) is 12.8 Å². The maximum absolute atomic E-state index is 12.4. The Labute approximate surface area is 170 Å². The van der Waals surface area contributed by atoms with Gasteiger partial charge in [0.2, 0.25) is 11.8 Å². The van der Waals surface area contributed by atoms with Gasteiger partial charge in [0, 0.05) is 43.7 Å². The quantitative estimate of drug-likeness (QED) is 0.779. The van der Waals surface area contributed by atoms with Crippen molar-refractivity contribution in [2.45, 2.75) is 32.1 Å². The van der Waals surface area contributed by atoms with Gasteiger partial charge in [0.1, 0.15) is 0 Å². The number of benzene rings is 1. The third-order valence-electron chi connectivity index (χ3n) is 5.02. The summed E-state index contributed by atoms with van der Waals surface area (Å²) in [4.78, 5) is 30.7. The van der Waals surface area contributed by atoms with Crippen LogP contribution in [0.25, 0.3) is 0 Å². The number of likely N-dealkylation sites (tertiary alicyclic amines) is 1. The smallest absolute Gasteiger partial charge is 0.232 e. The summed E-state index contributed by atoms with van der Waals surface area (Å²) >= 11 is 1.65. The zero-order chi connectivity index (χ0) is 19.8. The highest BCUT2D eigenvalue weighted by Gasteiger charge is 2.27. The van der Waals surface area contributed by atoms with Crippen molar-refractivity contribution in [1.82, 2.24) is 15.2 Å². The van der Waals surface area contributed by atoms with Gasteiger partial charge in [0.15, 0.2) is 0 Å². The van der Waals surface area contributed by atoms with Crippen LogP contribution in [-0.2, 0) is 21.9 Å². The van der Waals surface area contributed by atoms with Gasteiger partial charge in [-0.3, -0.25) is 14.6 Å². The van der Waals surface area contributed by atoms with Crippen molar-refractivity contribution in [3.63, 3.8) is 0 Å². The molecule has 1 aliphatic rings. The average Bonchev–Trinajstić information content (AvgIpc) is 2.74. The molecule has 0 unspecified atom stereocenters. The molecule has 2 amide bonds. The van der Waals surface area contributed by atoms with Crippen LogP contribution in [0.15, 0.2) is 48.8 Å². The Hall–Kier alpha value is -2.34. The van der Waals surface area contributed by atoms with E-state index >= 15 is 0 Å². The maximum atomic E-state index is 12.4.